The summed E-state index contributed by atoms with van der Waals surface area (Å²) in [6.07, 6.45) is 4.69. The van der Waals surface area contributed by atoms with Crippen LogP contribution in [-0.2, 0) is 12.0 Å². The molecule has 1 N–H and O–H groups in total. The molecule has 0 heterocycles. The van der Waals surface area contributed by atoms with E-state index in [4.69, 9.17) is 16.3 Å². The van der Waals surface area contributed by atoms with Gasteiger partial charge >= 0.3 is 0 Å². The van der Waals surface area contributed by atoms with Gasteiger partial charge < -0.3 is 14.7 Å². The molecule has 3 nitrogen and oxygen atoms in total. The summed E-state index contributed by atoms with van der Waals surface area (Å²) in [7, 11) is 5.79. The number of rotatable bonds is 6. The Morgan fingerprint density at radius 2 is 2.00 bits per heavy atom. The van der Waals surface area contributed by atoms with Gasteiger partial charge in [0.2, 0.25) is 0 Å². The van der Waals surface area contributed by atoms with Crippen LogP contribution in [0, 0.1) is 0 Å². The number of nitrogens with zero attached hydrogens (tertiary/aromatic N) is 1. The molecule has 0 saturated carbocycles. The average molecular weight is 388 g/mol. The zero-order chi connectivity index (χ0) is 19.4. The van der Waals surface area contributed by atoms with Crippen LogP contribution < -0.4 is 4.74 Å². The summed E-state index contributed by atoms with van der Waals surface area (Å²) in [5, 5.41) is 12.7. The van der Waals surface area contributed by atoms with Crippen LogP contribution in [0.2, 0.25) is 5.02 Å². The largest absolute Gasteiger partial charge is 0.495 e. The third-order valence-corrected chi connectivity index (χ3v) is 6.05. The monoisotopic (exact) mass is 387 g/mol. The van der Waals surface area contributed by atoms with E-state index in [1.807, 2.05) is 24.3 Å². The third kappa shape index (κ3) is 4.31. The summed E-state index contributed by atoms with van der Waals surface area (Å²) in [4.78, 5) is 2.17. The lowest BCUT2D eigenvalue weighted by atomic mass is 9.73. The number of hydrogen-bond acceptors (Lipinski definition) is 3. The molecule has 0 saturated heterocycles. The van der Waals surface area contributed by atoms with Crippen LogP contribution in [0.15, 0.2) is 42.5 Å². The van der Waals surface area contributed by atoms with Crippen molar-refractivity contribution in [2.45, 2.75) is 43.6 Å². The quantitative estimate of drug-likeness (QED) is 0.708. The van der Waals surface area contributed by atoms with Crippen molar-refractivity contribution in [2.75, 3.05) is 27.7 Å². The highest BCUT2D eigenvalue weighted by molar-refractivity contribution is 6.32. The molecule has 0 amide bonds. The van der Waals surface area contributed by atoms with Crippen LogP contribution in [0.25, 0.3) is 0 Å². The predicted molar refractivity (Wildman–Crippen MR) is 112 cm³/mol. The van der Waals surface area contributed by atoms with Crippen LogP contribution in [0.1, 0.15) is 48.3 Å². The van der Waals surface area contributed by atoms with Crippen molar-refractivity contribution in [3.8, 4) is 5.75 Å². The molecule has 146 valence electrons. The Kier molecular flexibility index (Phi) is 6.46. The van der Waals surface area contributed by atoms with E-state index in [0.29, 0.717) is 10.8 Å². The topological polar surface area (TPSA) is 32.7 Å². The van der Waals surface area contributed by atoms with Crippen molar-refractivity contribution in [3.63, 3.8) is 0 Å². The fourth-order valence-corrected chi connectivity index (χ4v) is 4.59. The minimum atomic E-state index is -0.887. The van der Waals surface area contributed by atoms with Crippen molar-refractivity contribution >= 4 is 11.6 Å². The molecule has 1 aliphatic carbocycles. The van der Waals surface area contributed by atoms with E-state index in [2.05, 4.69) is 37.2 Å². The highest BCUT2D eigenvalue weighted by Gasteiger charge is 2.41. The van der Waals surface area contributed by atoms with E-state index in [1.165, 1.54) is 5.56 Å². The summed E-state index contributed by atoms with van der Waals surface area (Å²) in [6.45, 7) is 0.959. The molecular weight excluding hydrogens is 358 g/mol. The van der Waals surface area contributed by atoms with Gasteiger partial charge in [-0.25, -0.2) is 0 Å². The number of benzene rings is 2. The van der Waals surface area contributed by atoms with Gasteiger partial charge in [0.25, 0.3) is 0 Å². The second-order valence-corrected chi connectivity index (χ2v) is 8.23. The first kappa shape index (κ1) is 20.2. The van der Waals surface area contributed by atoms with Gasteiger partial charge in [-0.3, -0.25) is 0 Å². The van der Waals surface area contributed by atoms with Crippen molar-refractivity contribution in [3.05, 3.63) is 64.2 Å². The lowest BCUT2D eigenvalue weighted by molar-refractivity contribution is -0.00608. The molecule has 0 bridgehead atoms. The molecule has 0 spiro atoms. The van der Waals surface area contributed by atoms with Crippen LogP contribution in [0.3, 0.4) is 0 Å². The number of hydrogen-bond donors (Lipinski definition) is 1. The number of aliphatic hydroxyl groups is 1. The summed E-state index contributed by atoms with van der Waals surface area (Å²) >= 11 is 6.25. The maximum absolute atomic E-state index is 12.1. The van der Waals surface area contributed by atoms with Gasteiger partial charge in [-0.1, -0.05) is 41.9 Å². The van der Waals surface area contributed by atoms with Crippen molar-refractivity contribution in [1.29, 1.82) is 0 Å². The number of halogens is 1. The molecule has 1 aliphatic rings. The Labute approximate surface area is 167 Å². The van der Waals surface area contributed by atoms with Crippen molar-refractivity contribution < 1.29 is 9.84 Å². The lowest BCUT2D eigenvalue weighted by Gasteiger charge is -2.37. The molecule has 0 fully saturated rings. The molecule has 0 unspecified atom stereocenters. The SMILES string of the molecule is COc1cc([C@H]2CCCc3ccccc3[C@@]2(O)CCCN(C)C)ccc1Cl. The minimum absolute atomic E-state index is 0.0227. The minimum Gasteiger partial charge on any atom is -0.495 e. The van der Waals surface area contributed by atoms with E-state index in [1.54, 1.807) is 7.11 Å². The molecule has 0 aromatic heterocycles. The number of methoxy groups -OCH3 is 1. The molecule has 2 aromatic rings. The zero-order valence-corrected chi connectivity index (χ0v) is 17.3. The number of fused-ring (bicyclic) bond motifs is 1. The molecule has 3 rings (SSSR count). The molecule has 0 aliphatic heterocycles. The van der Waals surface area contributed by atoms with E-state index in [0.717, 1.165) is 49.8 Å². The maximum Gasteiger partial charge on any atom is 0.137 e. The van der Waals surface area contributed by atoms with Crippen LogP contribution in [0.4, 0.5) is 0 Å². The van der Waals surface area contributed by atoms with Crippen LogP contribution >= 0.6 is 11.6 Å². The van der Waals surface area contributed by atoms with E-state index in [-0.39, 0.29) is 5.92 Å². The zero-order valence-electron chi connectivity index (χ0n) is 16.5. The highest BCUT2D eigenvalue weighted by Crippen LogP contribution is 2.48. The standard InChI is InChI=1S/C23H30ClNO2/c1-25(2)15-7-14-23(26)19-10-5-4-8-17(19)9-6-11-20(23)18-12-13-21(24)22(16-18)27-3/h4-5,8,10,12-13,16,20,26H,6-7,9,11,14-15H2,1-3H3/t20-,23+/m1/s1. The van der Waals surface area contributed by atoms with E-state index >= 15 is 0 Å². The van der Waals surface area contributed by atoms with E-state index in [9.17, 15) is 5.11 Å². The average Bonchev–Trinajstić information content (AvgIpc) is 2.79. The fraction of sp³-hybridized carbons (Fsp3) is 0.478. The molecule has 2 aromatic carbocycles. The summed E-state index contributed by atoms with van der Waals surface area (Å²) in [6, 6.07) is 14.3. The molecule has 4 heteroatoms. The first-order chi connectivity index (χ1) is 13.0. The van der Waals surface area contributed by atoms with Gasteiger partial charge in [-0.05, 0) is 81.6 Å². The summed E-state index contributed by atoms with van der Waals surface area (Å²) < 4.78 is 5.44. The Bertz CT molecular complexity index is 777. The van der Waals surface area contributed by atoms with Gasteiger partial charge in [0, 0.05) is 5.92 Å². The number of aryl methyl sites for hydroxylation is 1. The van der Waals surface area contributed by atoms with Gasteiger partial charge in [0.05, 0.1) is 17.7 Å². The Hall–Kier alpha value is -1.55. The van der Waals surface area contributed by atoms with Crippen LogP contribution in [-0.4, -0.2) is 37.8 Å². The Morgan fingerprint density at radius 3 is 2.74 bits per heavy atom. The maximum atomic E-state index is 12.1. The Balaban J connectivity index is 2.04. The first-order valence-corrected chi connectivity index (χ1v) is 10.1. The highest BCUT2D eigenvalue weighted by atomic mass is 35.5. The fourth-order valence-electron chi connectivity index (χ4n) is 4.39. The van der Waals surface area contributed by atoms with Crippen LogP contribution in [0.5, 0.6) is 5.75 Å². The predicted octanol–water partition coefficient (Wildman–Crippen LogP) is 5.00. The summed E-state index contributed by atoms with van der Waals surface area (Å²) in [5.41, 5.74) is 2.57. The normalized spacial score (nSPS) is 22.4. The molecular formula is C23H30ClNO2. The Morgan fingerprint density at radius 1 is 1.22 bits per heavy atom. The third-order valence-electron chi connectivity index (χ3n) is 5.74. The smallest absolute Gasteiger partial charge is 0.137 e. The second-order valence-electron chi connectivity index (χ2n) is 7.83. The number of ether oxygens (including phenoxy) is 1. The lowest BCUT2D eigenvalue weighted by Crippen LogP contribution is -2.34. The summed E-state index contributed by atoms with van der Waals surface area (Å²) in [5.74, 6) is 0.691. The molecule has 2 atom stereocenters. The molecule has 0 radical (unpaired) electrons. The van der Waals surface area contributed by atoms with Gasteiger partial charge in [-0.2, -0.15) is 0 Å². The van der Waals surface area contributed by atoms with Crippen molar-refractivity contribution in [1.82, 2.24) is 4.90 Å². The van der Waals surface area contributed by atoms with Crippen molar-refractivity contribution in [2.24, 2.45) is 0 Å². The van der Waals surface area contributed by atoms with Gasteiger partial charge in [0.1, 0.15) is 5.75 Å². The van der Waals surface area contributed by atoms with Gasteiger partial charge in [-0.15, -0.1) is 0 Å². The molecule has 27 heavy (non-hydrogen) atoms. The van der Waals surface area contributed by atoms with E-state index < -0.39 is 5.60 Å². The van der Waals surface area contributed by atoms with Gasteiger partial charge in [0.15, 0.2) is 0 Å². The second kappa shape index (κ2) is 8.64. The first-order valence-electron chi connectivity index (χ1n) is 9.74.